The third kappa shape index (κ3) is 3.41. The summed E-state index contributed by atoms with van der Waals surface area (Å²) in [5, 5.41) is 4.44. The Morgan fingerprint density at radius 3 is 2.61 bits per heavy atom. The van der Waals surface area contributed by atoms with E-state index in [1.165, 1.54) is 0 Å². The molecule has 0 spiro atoms. The summed E-state index contributed by atoms with van der Waals surface area (Å²) in [6.07, 6.45) is 2.82. The topological polar surface area (TPSA) is 80.0 Å². The maximum atomic E-state index is 13.2. The molecule has 0 aliphatic carbocycles. The lowest BCUT2D eigenvalue weighted by Crippen LogP contribution is -2.48. The Labute approximate surface area is 180 Å². The number of benzene rings is 1. The van der Waals surface area contributed by atoms with Gasteiger partial charge in [-0.1, -0.05) is 30.3 Å². The minimum absolute atomic E-state index is 0.0397. The molecule has 8 nitrogen and oxygen atoms in total. The van der Waals surface area contributed by atoms with E-state index in [4.69, 9.17) is 4.74 Å². The summed E-state index contributed by atoms with van der Waals surface area (Å²) in [5.74, 6) is -0.0397. The zero-order chi connectivity index (χ0) is 21.5. The van der Waals surface area contributed by atoms with E-state index in [2.05, 4.69) is 10.1 Å². The van der Waals surface area contributed by atoms with Crippen LogP contribution in [-0.4, -0.2) is 62.1 Å². The first-order valence-corrected chi connectivity index (χ1v) is 10.6. The predicted molar refractivity (Wildman–Crippen MR) is 114 cm³/mol. The monoisotopic (exact) mass is 419 g/mol. The Morgan fingerprint density at radius 2 is 1.87 bits per heavy atom. The fourth-order valence-electron chi connectivity index (χ4n) is 4.66. The molecule has 1 atom stereocenters. The van der Waals surface area contributed by atoms with Crippen LogP contribution in [0.25, 0.3) is 5.65 Å². The van der Waals surface area contributed by atoms with Crippen LogP contribution in [0.4, 0.5) is 4.79 Å². The fourth-order valence-corrected chi connectivity index (χ4v) is 4.66. The normalized spacial score (nSPS) is 19.8. The zero-order valence-corrected chi connectivity index (χ0v) is 17.7. The first kappa shape index (κ1) is 19.5. The van der Waals surface area contributed by atoms with Crippen LogP contribution < -0.4 is 0 Å². The summed E-state index contributed by atoms with van der Waals surface area (Å²) >= 11 is 0. The van der Waals surface area contributed by atoms with Crippen molar-refractivity contribution in [3.05, 3.63) is 65.1 Å². The fraction of sp³-hybridized carbons (Fsp3) is 0.391. The largest absolute Gasteiger partial charge is 0.447 e. The van der Waals surface area contributed by atoms with Crippen LogP contribution in [0.15, 0.2) is 42.6 Å². The SMILES string of the molecule is Cc1cc2ncc(C(=O)N3CCC(N4C(=O)OC[C@H]4c4ccccc4)CC3)c(C)n2n1. The highest BCUT2D eigenvalue weighted by Crippen LogP contribution is 2.33. The molecule has 0 unspecified atom stereocenters. The van der Waals surface area contributed by atoms with E-state index in [1.807, 2.05) is 60.0 Å². The Hall–Kier alpha value is -3.42. The molecule has 4 heterocycles. The third-order valence-electron chi connectivity index (χ3n) is 6.32. The highest BCUT2D eigenvalue weighted by atomic mass is 16.6. The molecule has 0 radical (unpaired) electrons. The summed E-state index contributed by atoms with van der Waals surface area (Å²) in [6, 6.07) is 11.9. The van der Waals surface area contributed by atoms with Crippen molar-refractivity contribution in [2.45, 2.75) is 38.8 Å². The Morgan fingerprint density at radius 1 is 1.13 bits per heavy atom. The lowest BCUT2D eigenvalue weighted by Gasteiger charge is -2.38. The Kier molecular flexibility index (Phi) is 4.84. The molecule has 8 heteroatoms. The number of cyclic esters (lactones) is 1. The van der Waals surface area contributed by atoms with Crippen LogP contribution in [-0.2, 0) is 4.74 Å². The zero-order valence-electron chi connectivity index (χ0n) is 17.7. The molecule has 31 heavy (non-hydrogen) atoms. The van der Waals surface area contributed by atoms with Crippen molar-refractivity contribution in [1.82, 2.24) is 24.4 Å². The van der Waals surface area contributed by atoms with E-state index in [-0.39, 0.29) is 24.1 Å². The van der Waals surface area contributed by atoms with Gasteiger partial charge in [-0.2, -0.15) is 5.10 Å². The van der Waals surface area contributed by atoms with Crippen molar-refractivity contribution in [2.75, 3.05) is 19.7 Å². The number of amides is 2. The molecule has 160 valence electrons. The van der Waals surface area contributed by atoms with Crippen molar-refractivity contribution in [3.63, 3.8) is 0 Å². The number of fused-ring (bicyclic) bond motifs is 1. The van der Waals surface area contributed by atoms with E-state index in [0.717, 1.165) is 35.4 Å². The van der Waals surface area contributed by atoms with Crippen molar-refractivity contribution in [2.24, 2.45) is 0 Å². The molecular weight excluding hydrogens is 394 g/mol. The highest BCUT2D eigenvalue weighted by molar-refractivity contribution is 5.95. The molecule has 0 bridgehead atoms. The smallest absolute Gasteiger partial charge is 0.410 e. The van der Waals surface area contributed by atoms with E-state index in [1.54, 1.807) is 10.7 Å². The number of hydrogen-bond acceptors (Lipinski definition) is 5. The molecule has 2 amide bonds. The first-order valence-electron chi connectivity index (χ1n) is 10.6. The Balaban J connectivity index is 1.30. The van der Waals surface area contributed by atoms with Gasteiger partial charge in [0.2, 0.25) is 0 Å². The second-order valence-corrected chi connectivity index (χ2v) is 8.25. The van der Waals surface area contributed by atoms with Gasteiger partial charge >= 0.3 is 6.09 Å². The number of carbonyl (C=O) groups excluding carboxylic acids is 2. The van der Waals surface area contributed by atoms with Crippen molar-refractivity contribution in [1.29, 1.82) is 0 Å². The number of piperidine rings is 1. The van der Waals surface area contributed by atoms with Gasteiger partial charge in [-0.3, -0.25) is 9.69 Å². The number of likely N-dealkylation sites (tertiary alicyclic amines) is 1. The lowest BCUT2D eigenvalue weighted by atomic mass is 9.98. The second-order valence-electron chi connectivity index (χ2n) is 8.25. The van der Waals surface area contributed by atoms with Crippen LogP contribution in [0.2, 0.25) is 0 Å². The molecule has 2 aliphatic rings. The van der Waals surface area contributed by atoms with Crippen LogP contribution in [0.3, 0.4) is 0 Å². The van der Waals surface area contributed by atoms with E-state index < -0.39 is 0 Å². The minimum atomic E-state index is -0.266. The average Bonchev–Trinajstić information content (AvgIpc) is 3.37. The maximum Gasteiger partial charge on any atom is 0.410 e. The van der Waals surface area contributed by atoms with Crippen LogP contribution >= 0.6 is 0 Å². The van der Waals surface area contributed by atoms with Gasteiger partial charge in [-0.05, 0) is 32.3 Å². The molecule has 1 aromatic carbocycles. The predicted octanol–water partition coefficient (Wildman–Crippen LogP) is 3.14. The molecule has 2 aromatic heterocycles. The van der Waals surface area contributed by atoms with Crippen molar-refractivity contribution in [3.8, 4) is 0 Å². The number of aryl methyl sites for hydroxylation is 2. The van der Waals surface area contributed by atoms with E-state index >= 15 is 0 Å². The van der Waals surface area contributed by atoms with Crippen LogP contribution in [0.5, 0.6) is 0 Å². The third-order valence-corrected chi connectivity index (χ3v) is 6.32. The number of carbonyl (C=O) groups is 2. The van der Waals surface area contributed by atoms with Gasteiger partial charge in [0.15, 0.2) is 5.65 Å². The summed E-state index contributed by atoms with van der Waals surface area (Å²) < 4.78 is 7.10. The van der Waals surface area contributed by atoms with Gasteiger partial charge in [0.25, 0.3) is 5.91 Å². The number of nitrogens with zero attached hydrogens (tertiary/aromatic N) is 5. The Bertz CT molecular complexity index is 1130. The minimum Gasteiger partial charge on any atom is -0.447 e. The van der Waals surface area contributed by atoms with Crippen LogP contribution in [0, 0.1) is 13.8 Å². The summed E-state index contributed by atoms with van der Waals surface area (Å²) in [7, 11) is 0. The van der Waals surface area contributed by atoms with Gasteiger partial charge in [0.05, 0.1) is 23.0 Å². The first-order chi connectivity index (χ1) is 15.0. The quantitative estimate of drug-likeness (QED) is 0.652. The van der Waals surface area contributed by atoms with Gasteiger partial charge in [-0.15, -0.1) is 0 Å². The standard InChI is InChI=1S/C23H25N5O3/c1-15-12-21-24-13-19(16(2)28(21)25-15)22(29)26-10-8-18(9-11-26)27-20(14-31-23(27)30)17-6-4-3-5-7-17/h3-7,12-13,18,20H,8-11,14H2,1-2H3/t20-/m0/s1. The number of ether oxygens (including phenoxy) is 1. The summed E-state index contributed by atoms with van der Waals surface area (Å²) in [5.41, 5.74) is 4.04. The van der Waals surface area contributed by atoms with Crippen LogP contribution in [0.1, 0.15) is 46.2 Å². The van der Waals surface area contributed by atoms with E-state index in [9.17, 15) is 9.59 Å². The molecule has 2 saturated heterocycles. The van der Waals surface area contributed by atoms with Gasteiger partial charge in [0.1, 0.15) is 6.61 Å². The van der Waals surface area contributed by atoms with Crippen molar-refractivity contribution < 1.29 is 14.3 Å². The number of hydrogen-bond donors (Lipinski definition) is 0. The summed E-state index contributed by atoms with van der Waals surface area (Å²) in [4.78, 5) is 33.8. The van der Waals surface area contributed by atoms with Gasteiger partial charge < -0.3 is 9.64 Å². The highest BCUT2D eigenvalue weighted by Gasteiger charge is 2.40. The molecule has 3 aromatic rings. The van der Waals surface area contributed by atoms with Crippen molar-refractivity contribution >= 4 is 17.6 Å². The van der Waals surface area contributed by atoms with Gasteiger partial charge in [-0.25, -0.2) is 14.3 Å². The molecular formula is C23H25N5O3. The molecule has 5 rings (SSSR count). The lowest BCUT2D eigenvalue weighted by molar-refractivity contribution is 0.0634. The molecule has 2 fully saturated rings. The molecule has 0 saturated carbocycles. The maximum absolute atomic E-state index is 13.2. The van der Waals surface area contributed by atoms with Gasteiger partial charge in [0, 0.05) is 31.4 Å². The average molecular weight is 419 g/mol. The molecule has 2 aliphatic heterocycles. The second kappa shape index (κ2) is 7.68. The summed E-state index contributed by atoms with van der Waals surface area (Å²) in [6.45, 7) is 5.35. The van der Waals surface area contributed by atoms with E-state index in [0.29, 0.717) is 25.3 Å². The number of aromatic nitrogens is 3. The molecule has 0 N–H and O–H groups in total. The number of rotatable bonds is 3.